The van der Waals surface area contributed by atoms with E-state index in [4.69, 9.17) is 4.74 Å². The maximum atomic E-state index is 13.6. The summed E-state index contributed by atoms with van der Waals surface area (Å²) in [4.78, 5) is 4.44. The van der Waals surface area contributed by atoms with Gasteiger partial charge in [0.1, 0.15) is 18.2 Å². The van der Waals surface area contributed by atoms with E-state index in [9.17, 15) is 4.39 Å². The van der Waals surface area contributed by atoms with Gasteiger partial charge in [-0.2, -0.15) is 0 Å². The minimum atomic E-state index is -0.257. The van der Waals surface area contributed by atoms with Crippen molar-refractivity contribution in [3.8, 4) is 5.75 Å². The van der Waals surface area contributed by atoms with Gasteiger partial charge in [0.15, 0.2) is 0 Å². The minimum Gasteiger partial charge on any atom is -0.487 e. The monoisotopic (exact) mass is 306 g/mol. The zero-order valence-electron chi connectivity index (χ0n) is 12.1. The predicted molar refractivity (Wildman–Crippen MR) is 82.1 cm³/mol. The Kier molecular flexibility index (Phi) is 4.51. The fraction of sp³-hybridized carbons (Fsp3) is 0.438. The summed E-state index contributed by atoms with van der Waals surface area (Å²) in [5.74, 6) is 0.307. The van der Waals surface area contributed by atoms with Crippen molar-refractivity contribution in [2.45, 2.75) is 45.4 Å². The number of aryl methyl sites for hydroxylation is 1. The Morgan fingerprint density at radius 2 is 2.24 bits per heavy atom. The third kappa shape index (κ3) is 4.25. The molecule has 0 atom stereocenters. The molecule has 0 aliphatic heterocycles. The van der Waals surface area contributed by atoms with E-state index >= 15 is 0 Å². The molecule has 2 aromatic rings. The van der Waals surface area contributed by atoms with Crippen LogP contribution in [0.4, 0.5) is 4.39 Å². The zero-order chi connectivity index (χ0) is 14.7. The topological polar surface area (TPSA) is 34.1 Å². The van der Waals surface area contributed by atoms with Crippen molar-refractivity contribution in [3.05, 3.63) is 45.7 Å². The summed E-state index contributed by atoms with van der Waals surface area (Å²) < 4.78 is 19.3. The van der Waals surface area contributed by atoms with Crippen LogP contribution in [0.25, 0.3) is 0 Å². The summed E-state index contributed by atoms with van der Waals surface area (Å²) >= 11 is 1.63. The number of benzene rings is 1. The Bertz CT molecular complexity index is 610. The van der Waals surface area contributed by atoms with Crippen LogP contribution >= 0.6 is 11.3 Å². The maximum Gasteiger partial charge on any atom is 0.131 e. The molecule has 0 amide bonds. The first-order chi connectivity index (χ1) is 10.2. The summed E-state index contributed by atoms with van der Waals surface area (Å²) in [6.07, 6.45) is 3.38. The highest BCUT2D eigenvalue weighted by atomic mass is 32.1. The van der Waals surface area contributed by atoms with Gasteiger partial charge in [0.05, 0.1) is 10.7 Å². The van der Waals surface area contributed by atoms with Gasteiger partial charge < -0.3 is 10.1 Å². The van der Waals surface area contributed by atoms with Gasteiger partial charge in [0.2, 0.25) is 0 Å². The molecule has 0 unspecified atom stereocenters. The third-order valence-electron chi connectivity index (χ3n) is 3.39. The molecule has 0 radical (unpaired) electrons. The van der Waals surface area contributed by atoms with Crippen LogP contribution in [0.2, 0.25) is 0 Å². The number of nitrogens with one attached hydrogen (secondary N) is 1. The number of halogens is 1. The molecule has 5 heteroatoms. The molecule has 1 heterocycles. The van der Waals surface area contributed by atoms with Gasteiger partial charge >= 0.3 is 0 Å². The number of hydrogen-bond acceptors (Lipinski definition) is 4. The Balaban J connectivity index is 1.60. The number of aromatic nitrogens is 1. The largest absolute Gasteiger partial charge is 0.487 e. The van der Waals surface area contributed by atoms with E-state index in [2.05, 4.69) is 17.2 Å². The first kappa shape index (κ1) is 14.5. The van der Waals surface area contributed by atoms with Crippen molar-refractivity contribution >= 4 is 11.3 Å². The van der Waals surface area contributed by atoms with Crippen molar-refractivity contribution in [2.24, 2.45) is 0 Å². The second kappa shape index (κ2) is 6.54. The Morgan fingerprint density at radius 3 is 2.95 bits per heavy atom. The summed E-state index contributed by atoms with van der Waals surface area (Å²) in [5.41, 5.74) is 1.82. The van der Waals surface area contributed by atoms with E-state index in [1.54, 1.807) is 17.4 Å². The van der Waals surface area contributed by atoms with Crippen LogP contribution in [0.15, 0.2) is 23.6 Å². The molecule has 3 nitrogen and oxygen atoms in total. The normalized spacial score (nSPS) is 14.4. The summed E-state index contributed by atoms with van der Waals surface area (Å²) in [7, 11) is 0. The molecule has 1 aliphatic rings. The number of ether oxygens (including phenoxy) is 1. The molecule has 1 saturated carbocycles. The van der Waals surface area contributed by atoms with Crippen molar-refractivity contribution in [2.75, 3.05) is 0 Å². The van der Waals surface area contributed by atoms with Gasteiger partial charge in [0.25, 0.3) is 0 Å². The van der Waals surface area contributed by atoms with Crippen molar-refractivity contribution in [3.63, 3.8) is 0 Å². The standard InChI is InChI=1S/C16H19FN2OS/c1-2-16-19-14(10-21-16)9-20-15-6-11(5-12(17)7-15)8-18-13-3-4-13/h5-7,10,13,18H,2-4,8-9H2,1H3. The quantitative estimate of drug-likeness (QED) is 0.847. The molecule has 1 fully saturated rings. The number of nitrogens with zero attached hydrogens (tertiary/aromatic N) is 1. The number of rotatable bonds is 7. The highest BCUT2D eigenvalue weighted by molar-refractivity contribution is 7.09. The fourth-order valence-corrected chi connectivity index (χ4v) is 2.82. The van der Waals surface area contributed by atoms with E-state index in [1.807, 2.05) is 11.4 Å². The molecule has 21 heavy (non-hydrogen) atoms. The van der Waals surface area contributed by atoms with Crippen LogP contribution in [-0.4, -0.2) is 11.0 Å². The summed E-state index contributed by atoms with van der Waals surface area (Å²) in [6.45, 7) is 3.15. The fourth-order valence-electron chi connectivity index (χ4n) is 2.09. The van der Waals surface area contributed by atoms with E-state index in [-0.39, 0.29) is 5.82 Å². The SMILES string of the molecule is CCc1nc(COc2cc(F)cc(CNC3CC3)c2)cs1. The van der Waals surface area contributed by atoms with E-state index in [1.165, 1.54) is 18.9 Å². The Labute approximate surface area is 128 Å². The van der Waals surface area contributed by atoms with Crippen LogP contribution in [0.3, 0.4) is 0 Å². The van der Waals surface area contributed by atoms with Crippen molar-refractivity contribution < 1.29 is 9.13 Å². The van der Waals surface area contributed by atoms with Crippen LogP contribution in [0, 0.1) is 5.82 Å². The average molecular weight is 306 g/mol. The average Bonchev–Trinajstić information content (AvgIpc) is 3.19. The number of thiazole rings is 1. The molecule has 112 valence electrons. The van der Waals surface area contributed by atoms with Gasteiger partial charge in [-0.3, -0.25) is 0 Å². The van der Waals surface area contributed by atoms with Gasteiger partial charge in [-0.25, -0.2) is 9.37 Å². The lowest BCUT2D eigenvalue weighted by molar-refractivity contribution is 0.300. The van der Waals surface area contributed by atoms with E-state index in [0.717, 1.165) is 22.7 Å². The van der Waals surface area contributed by atoms with Crippen molar-refractivity contribution in [1.29, 1.82) is 0 Å². The predicted octanol–water partition coefficient (Wildman–Crippen LogP) is 3.68. The second-order valence-corrected chi connectivity index (χ2v) is 6.27. The zero-order valence-corrected chi connectivity index (χ0v) is 12.9. The molecular formula is C16H19FN2OS. The lowest BCUT2D eigenvalue weighted by atomic mass is 10.2. The summed E-state index contributed by atoms with van der Waals surface area (Å²) in [6, 6.07) is 5.49. The Morgan fingerprint density at radius 1 is 1.38 bits per heavy atom. The van der Waals surface area contributed by atoms with Gasteiger partial charge in [-0.05, 0) is 37.0 Å². The van der Waals surface area contributed by atoms with Crippen LogP contribution in [0.1, 0.15) is 36.0 Å². The molecule has 0 saturated heterocycles. The lowest BCUT2D eigenvalue weighted by Gasteiger charge is -2.08. The molecule has 3 rings (SSSR count). The smallest absolute Gasteiger partial charge is 0.131 e. The summed E-state index contributed by atoms with van der Waals surface area (Å²) in [5, 5.41) is 6.47. The molecule has 1 N–H and O–H groups in total. The van der Waals surface area contributed by atoms with Crippen LogP contribution in [0.5, 0.6) is 5.75 Å². The van der Waals surface area contributed by atoms with Gasteiger partial charge in [-0.1, -0.05) is 6.92 Å². The van der Waals surface area contributed by atoms with Gasteiger partial charge in [0, 0.05) is 24.0 Å². The molecular weight excluding hydrogens is 287 g/mol. The molecule has 1 aliphatic carbocycles. The van der Waals surface area contributed by atoms with Crippen molar-refractivity contribution in [1.82, 2.24) is 10.3 Å². The van der Waals surface area contributed by atoms with Crippen LogP contribution < -0.4 is 10.1 Å². The first-order valence-corrected chi connectivity index (χ1v) is 8.20. The van der Waals surface area contributed by atoms with E-state index < -0.39 is 0 Å². The van der Waals surface area contributed by atoms with Crippen LogP contribution in [-0.2, 0) is 19.6 Å². The number of hydrogen-bond donors (Lipinski definition) is 1. The maximum absolute atomic E-state index is 13.6. The molecule has 1 aromatic heterocycles. The molecule has 1 aromatic carbocycles. The Hall–Kier alpha value is -1.46. The first-order valence-electron chi connectivity index (χ1n) is 7.32. The highest BCUT2D eigenvalue weighted by Crippen LogP contribution is 2.22. The molecule has 0 bridgehead atoms. The molecule has 0 spiro atoms. The highest BCUT2D eigenvalue weighted by Gasteiger charge is 2.20. The van der Waals surface area contributed by atoms with Gasteiger partial charge in [-0.15, -0.1) is 11.3 Å². The third-order valence-corrected chi connectivity index (χ3v) is 4.43. The lowest BCUT2D eigenvalue weighted by Crippen LogP contribution is -2.15. The minimum absolute atomic E-state index is 0.257. The second-order valence-electron chi connectivity index (χ2n) is 5.33. The van der Waals surface area contributed by atoms with E-state index in [0.29, 0.717) is 24.9 Å².